The van der Waals surface area contributed by atoms with E-state index in [0.29, 0.717) is 6.04 Å². The maximum atomic E-state index is 6.48. The molecule has 3 nitrogen and oxygen atoms in total. The summed E-state index contributed by atoms with van der Waals surface area (Å²) in [5, 5.41) is 0. The molecule has 0 unspecified atom stereocenters. The number of ether oxygens (including phenoxy) is 1. The van der Waals surface area contributed by atoms with Gasteiger partial charge in [-0.2, -0.15) is 0 Å². The summed E-state index contributed by atoms with van der Waals surface area (Å²) in [6, 6.07) is 15.5. The highest BCUT2D eigenvalue weighted by Gasteiger charge is 2.26. The Hall–Kier alpha value is -3.04. The fourth-order valence-corrected chi connectivity index (χ4v) is 4.02. The lowest BCUT2D eigenvalue weighted by Gasteiger charge is -2.30. The van der Waals surface area contributed by atoms with Crippen LogP contribution in [-0.2, 0) is 0 Å². The highest BCUT2D eigenvalue weighted by Crippen LogP contribution is 2.41. The topological polar surface area (TPSA) is 15.7 Å². The van der Waals surface area contributed by atoms with Gasteiger partial charge in [0.1, 0.15) is 11.4 Å². The third kappa shape index (κ3) is 4.38. The van der Waals surface area contributed by atoms with E-state index >= 15 is 0 Å². The standard InChI is InChI=1S/C28H32N2O/c1-28(2)19-18-22-8-7-9-25(27(22)31-28)26(20-10-14-23(15-11-20)29(3)4)21-12-16-24(17-13-21)30(5)6/h7-19,23H,1-6H3. The molecule has 4 rings (SSSR count). The smallest absolute Gasteiger partial charge is 0.135 e. The summed E-state index contributed by atoms with van der Waals surface area (Å²) in [5.41, 5.74) is 6.67. The molecule has 0 aromatic heterocycles. The molecule has 0 spiro atoms. The van der Waals surface area contributed by atoms with E-state index < -0.39 is 0 Å². The molecule has 160 valence electrons. The molecule has 1 aliphatic heterocycles. The molecule has 2 aliphatic rings. The minimum absolute atomic E-state index is 0.309. The first-order valence-electron chi connectivity index (χ1n) is 10.8. The summed E-state index contributed by atoms with van der Waals surface area (Å²) in [5.74, 6) is 0.950. The van der Waals surface area contributed by atoms with Crippen molar-refractivity contribution in [3.05, 3.63) is 95.1 Å². The summed E-state index contributed by atoms with van der Waals surface area (Å²) in [4.78, 5) is 4.33. The number of hydrogen-bond donors (Lipinski definition) is 0. The van der Waals surface area contributed by atoms with Crippen molar-refractivity contribution >= 4 is 17.3 Å². The molecule has 0 radical (unpaired) electrons. The van der Waals surface area contributed by atoms with Crippen molar-refractivity contribution in [2.24, 2.45) is 0 Å². The van der Waals surface area contributed by atoms with Crippen molar-refractivity contribution in [3.63, 3.8) is 0 Å². The van der Waals surface area contributed by atoms with Crippen molar-refractivity contribution in [2.45, 2.75) is 25.5 Å². The second-order valence-electron chi connectivity index (χ2n) is 9.21. The van der Waals surface area contributed by atoms with Gasteiger partial charge in [-0.15, -0.1) is 0 Å². The lowest BCUT2D eigenvalue weighted by Crippen LogP contribution is -2.28. The molecule has 0 amide bonds. The highest BCUT2D eigenvalue weighted by atomic mass is 16.5. The number of anilines is 1. The molecule has 31 heavy (non-hydrogen) atoms. The lowest BCUT2D eigenvalue weighted by molar-refractivity contribution is 0.158. The number of para-hydroxylation sites is 1. The molecular formula is C28H32N2O. The van der Waals surface area contributed by atoms with Crippen molar-refractivity contribution in [1.29, 1.82) is 0 Å². The van der Waals surface area contributed by atoms with Crippen LogP contribution < -0.4 is 9.64 Å². The summed E-state index contributed by atoms with van der Waals surface area (Å²) in [6.45, 7) is 4.20. The number of fused-ring (bicyclic) bond motifs is 1. The fourth-order valence-electron chi connectivity index (χ4n) is 4.02. The molecule has 3 heteroatoms. The van der Waals surface area contributed by atoms with Crippen molar-refractivity contribution in [1.82, 2.24) is 4.90 Å². The molecular weight excluding hydrogens is 380 g/mol. The number of likely N-dealkylation sites (N-methyl/N-ethyl adjacent to an activating group) is 1. The predicted octanol–water partition coefficient (Wildman–Crippen LogP) is 5.79. The van der Waals surface area contributed by atoms with Gasteiger partial charge in [-0.1, -0.05) is 60.7 Å². The Bertz CT molecular complexity index is 1070. The Balaban J connectivity index is 1.90. The van der Waals surface area contributed by atoms with Gasteiger partial charge in [0, 0.05) is 37.0 Å². The van der Waals surface area contributed by atoms with Gasteiger partial charge in [0.2, 0.25) is 0 Å². The minimum Gasteiger partial charge on any atom is -0.483 e. The molecule has 1 heterocycles. The van der Waals surface area contributed by atoms with Crippen molar-refractivity contribution < 1.29 is 4.74 Å². The number of nitrogens with zero attached hydrogens (tertiary/aromatic N) is 2. The summed E-state index contributed by atoms with van der Waals surface area (Å²) in [7, 11) is 8.34. The molecule has 2 aromatic rings. The van der Waals surface area contributed by atoms with E-state index in [9.17, 15) is 0 Å². The first kappa shape index (κ1) is 21.2. The summed E-state index contributed by atoms with van der Waals surface area (Å²) < 4.78 is 6.48. The molecule has 0 N–H and O–H groups in total. The second-order valence-corrected chi connectivity index (χ2v) is 9.21. The summed E-state index contributed by atoms with van der Waals surface area (Å²) in [6.07, 6.45) is 13.3. The minimum atomic E-state index is -0.331. The number of benzene rings is 2. The number of hydrogen-bond acceptors (Lipinski definition) is 3. The third-order valence-corrected chi connectivity index (χ3v) is 5.85. The normalized spacial score (nSPS) is 18.7. The second kappa shape index (κ2) is 8.24. The molecule has 2 aromatic carbocycles. The van der Waals surface area contributed by atoms with Crippen LogP contribution in [0.15, 0.2) is 78.4 Å². The maximum Gasteiger partial charge on any atom is 0.135 e. The van der Waals surface area contributed by atoms with E-state index in [1.165, 1.54) is 22.4 Å². The summed E-state index contributed by atoms with van der Waals surface area (Å²) >= 11 is 0. The van der Waals surface area contributed by atoms with Gasteiger partial charge in [-0.3, -0.25) is 4.90 Å². The Labute approximate surface area is 186 Å². The van der Waals surface area contributed by atoms with Gasteiger partial charge in [-0.05, 0) is 62.9 Å². The van der Waals surface area contributed by atoms with Crippen LogP contribution in [0.25, 0.3) is 11.6 Å². The van der Waals surface area contributed by atoms with E-state index in [1.54, 1.807) is 0 Å². The van der Waals surface area contributed by atoms with Crippen LogP contribution in [0.1, 0.15) is 30.5 Å². The van der Waals surface area contributed by atoms with Crippen LogP contribution in [0.4, 0.5) is 5.69 Å². The average molecular weight is 413 g/mol. The van der Waals surface area contributed by atoms with E-state index in [2.05, 4.69) is 131 Å². The molecule has 0 bridgehead atoms. The lowest BCUT2D eigenvalue weighted by atomic mass is 9.87. The van der Waals surface area contributed by atoms with Gasteiger partial charge in [0.25, 0.3) is 0 Å². The van der Waals surface area contributed by atoms with E-state index in [-0.39, 0.29) is 5.60 Å². The zero-order chi connectivity index (χ0) is 22.2. The Morgan fingerprint density at radius 2 is 1.55 bits per heavy atom. The highest BCUT2D eigenvalue weighted by molar-refractivity contribution is 5.90. The van der Waals surface area contributed by atoms with E-state index in [4.69, 9.17) is 4.74 Å². The van der Waals surface area contributed by atoms with Crippen LogP contribution in [0.3, 0.4) is 0 Å². The van der Waals surface area contributed by atoms with Crippen LogP contribution in [0.5, 0.6) is 5.75 Å². The Kier molecular flexibility index (Phi) is 5.63. The third-order valence-electron chi connectivity index (χ3n) is 5.85. The predicted molar refractivity (Wildman–Crippen MR) is 133 cm³/mol. The molecule has 1 aliphatic carbocycles. The Morgan fingerprint density at radius 3 is 2.16 bits per heavy atom. The fraction of sp³-hybridized carbons (Fsp3) is 0.286. The first-order chi connectivity index (χ1) is 14.7. The Morgan fingerprint density at radius 1 is 0.871 bits per heavy atom. The van der Waals surface area contributed by atoms with Gasteiger partial charge in [-0.25, -0.2) is 0 Å². The number of rotatable bonds is 4. The molecule has 0 saturated carbocycles. The maximum absolute atomic E-state index is 6.48. The SMILES string of the molecule is CN(C)c1ccc(C(=C2C=CC(N(C)C)C=C2)c2cccc3c2OC(C)(C)C=C3)cc1. The monoisotopic (exact) mass is 412 g/mol. The largest absolute Gasteiger partial charge is 0.483 e. The van der Waals surface area contributed by atoms with Gasteiger partial charge >= 0.3 is 0 Å². The molecule has 0 saturated heterocycles. The van der Waals surface area contributed by atoms with Gasteiger partial charge in [0.15, 0.2) is 0 Å². The quantitative estimate of drug-likeness (QED) is 0.632. The van der Waals surface area contributed by atoms with Crippen LogP contribution in [-0.4, -0.2) is 44.7 Å². The zero-order valence-corrected chi connectivity index (χ0v) is 19.4. The first-order valence-corrected chi connectivity index (χ1v) is 10.8. The van der Waals surface area contributed by atoms with Gasteiger partial charge < -0.3 is 9.64 Å². The van der Waals surface area contributed by atoms with Crippen molar-refractivity contribution in [2.75, 3.05) is 33.1 Å². The number of allylic oxidation sites excluding steroid dienone is 3. The van der Waals surface area contributed by atoms with Crippen LogP contribution in [0, 0.1) is 0 Å². The van der Waals surface area contributed by atoms with Crippen LogP contribution in [0.2, 0.25) is 0 Å². The van der Waals surface area contributed by atoms with Gasteiger partial charge in [0.05, 0.1) is 0 Å². The zero-order valence-electron chi connectivity index (χ0n) is 19.4. The average Bonchev–Trinajstić information content (AvgIpc) is 2.74. The van der Waals surface area contributed by atoms with Crippen molar-refractivity contribution in [3.8, 4) is 5.75 Å². The van der Waals surface area contributed by atoms with Crippen LogP contribution >= 0.6 is 0 Å². The van der Waals surface area contributed by atoms with E-state index in [0.717, 1.165) is 16.9 Å². The molecule has 0 fully saturated rings. The molecule has 0 atom stereocenters. The van der Waals surface area contributed by atoms with E-state index in [1.807, 2.05) is 0 Å².